The molecule has 0 aliphatic carbocycles. The van der Waals surface area contributed by atoms with Gasteiger partial charge in [0.2, 0.25) is 11.8 Å². The molecule has 38 heavy (non-hydrogen) atoms. The van der Waals surface area contributed by atoms with Crippen molar-refractivity contribution in [1.82, 2.24) is 25.5 Å². The van der Waals surface area contributed by atoms with E-state index in [2.05, 4.69) is 20.6 Å². The lowest BCUT2D eigenvalue weighted by Crippen LogP contribution is -2.55. The van der Waals surface area contributed by atoms with Gasteiger partial charge in [0.15, 0.2) is 0 Å². The number of carbonyl (C=O) groups excluding carboxylic acids is 3. The Morgan fingerprint density at radius 2 is 1.63 bits per heavy atom. The lowest BCUT2D eigenvalue weighted by atomic mass is 9.98. The summed E-state index contributed by atoms with van der Waals surface area (Å²) in [5.41, 5.74) is 10.1. The van der Waals surface area contributed by atoms with Crippen LogP contribution in [0.3, 0.4) is 0 Å². The summed E-state index contributed by atoms with van der Waals surface area (Å²) in [6.45, 7) is 2.96. The van der Waals surface area contributed by atoms with Crippen molar-refractivity contribution < 1.29 is 14.4 Å². The van der Waals surface area contributed by atoms with Crippen molar-refractivity contribution >= 4 is 39.5 Å². The van der Waals surface area contributed by atoms with E-state index in [0.717, 1.165) is 65.3 Å². The summed E-state index contributed by atoms with van der Waals surface area (Å²) in [5, 5.41) is 8.05. The molecule has 2 aromatic carbocycles. The van der Waals surface area contributed by atoms with Crippen LogP contribution in [0.4, 0.5) is 0 Å². The van der Waals surface area contributed by atoms with E-state index >= 15 is 0 Å². The first-order valence-electron chi connectivity index (χ1n) is 13.2. The second-order valence-electron chi connectivity index (χ2n) is 10.0. The van der Waals surface area contributed by atoms with Crippen LogP contribution < -0.4 is 16.4 Å². The highest BCUT2D eigenvalue weighted by Crippen LogP contribution is 2.26. The molecule has 1 saturated heterocycles. The third-order valence-corrected chi connectivity index (χ3v) is 7.31. The highest BCUT2D eigenvalue weighted by molar-refractivity contribution is 6.07. The lowest BCUT2D eigenvalue weighted by molar-refractivity contribution is -0.122. The summed E-state index contributed by atoms with van der Waals surface area (Å²) in [6, 6.07) is 12.8. The molecule has 0 spiro atoms. The van der Waals surface area contributed by atoms with Gasteiger partial charge in [-0.2, -0.15) is 0 Å². The number of hydrogen-bond donors (Lipinski definition) is 5. The number of H-pyrrole nitrogens is 2. The van der Waals surface area contributed by atoms with Gasteiger partial charge in [0.05, 0.1) is 12.2 Å². The van der Waals surface area contributed by atoms with Gasteiger partial charge in [0.1, 0.15) is 0 Å². The number of fused-ring (bicyclic) bond motifs is 2. The molecule has 0 bridgehead atoms. The number of carbonyl (C=O) groups is 3. The maximum absolute atomic E-state index is 13.4. The first-order chi connectivity index (χ1) is 18.4. The number of hydrogen-bond acceptors (Lipinski definition) is 4. The molecule has 2 aromatic heterocycles. The Balaban J connectivity index is 1.41. The van der Waals surface area contributed by atoms with Crippen LogP contribution in [0.25, 0.3) is 21.8 Å². The molecule has 1 aliphatic rings. The van der Waals surface area contributed by atoms with Gasteiger partial charge in [-0.3, -0.25) is 19.7 Å². The molecule has 0 unspecified atom stereocenters. The topological polar surface area (TPSA) is 136 Å². The molecule has 1 fully saturated rings. The number of amides is 3. The third-order valence-electron chi connectivity index (χ3n) is 7.31. The number of rotatable bonds is 9. The largest absolute Gasteiger partial charge is 0.368 e. The van der Waals surface area contributed by atoms with Crippen LogP contribution in [-0.2, 0) is 22.4 Å². The van der Waals surface area contributed by atoms with Gasteiger partial charge in [-0.05, 0) is 55.0 Å². The van der Waals surface area contributed by atoms with Crippen molar-refractivity contribution in [2.75, 3.05) is 13.1 Å². The van der Waals surface area contributed by atoms with Crippen molar-refractivity contribution in [3.63, 3.8) is 0 Å². The van der Waals surface area contributed by atoms with Crippen LogP contribution in [0.5, 0.6) is 0 Å². The molecule has 0 saturated carbocycles. The standard InChI is InChI=1S/C29H34N6O3/c1-18(36)33-26(15-19-16-31-23-10-4-3-8-21(19)23)34-25(28(30)37)14-20-17-32-24-11-7-9-22(27(20)24)29(38)35-12-5-2-6-13-35/h3-4,7-11,16-17,25-26,31-32,34H,2,5-6,12-15H2,1H3,(H2,30,37)(H,33,36)/t25-,26+/m1/s1. The monoisotopic (exact) mass is 514 g/mol. The van der Waals surface area contributed by atoms with Gasteiger partial charge in [-0.1, -0.05) is 24.3 Å². The van der Waals surface area contributed by atoms with E-state index < -0.39 is 18.1 Å². The summed E-state index contributed by atoms with van der Waals surface area (Å²) < 4.78 is 0. The number of nitrogens with one attached hydrogen (secondary N) is 4. The fraction of sp³-hybridized carbons (Fsp3) is 0.345. The van der Waals surface area contributed by atoms with Crippen LogP contribution in [0.2, 0.25) is 0 Å². The second kappa shape index (κ2) is 11.1. The molecule has 5 rings (SSSR count). The summed E-state index contributed by atoms with van der Waals surface area (Å²) in [4.78, 5) is 46.5. The minimum absolute atomic E-state index is 0.00944. The minimum atomic E-state index is -0.769. The fourth-order valence-electron chi connectivity index (χ4n) is 5.48. The summed E-state index contributed by atoms with van der Waals surface area (Å²) in [6.07, 6.45) is 7.12. The molecule has 4 aromatic rings. The number of primary amides is 1. The Morgan fingerprint density at radius 1 is 0.921 bits per heavy atom. The molecule has 2 atom stereocenters. The van der Waals surface area contributed by atoms with Crippen LogP contribution in [0.15, 0.2) is 54.9 Å². The molecule has 9 heteroatoms. The molecule has 3 amide bonds. The highest BCUT2D eigenvalue weighted by Gasteiger charge is 2.26. The van der Waals surface area contributed by atoms with Crippen LogP contribution in [-0.4, -0.2) is 57.9 Å². The molecule has 9 nitrogen and oxygen atoms in total. The third kappa shape index (κ3) is 5.43. The first kappa shape index (κ1) is 25.5. The fourth-order valence-corrected chi connectivity index (χ4v) is 5.48. The van der Waals surface area contributed by atoms with E-state index in [1.807, 2.05) is 59.8 Å². The van der Waals surface area contributed by atoms with Crippen molar-refractivity contribution in [3.05, 3.63) is 71.5 Å². The summed E-state index contributed by atoms with van der Waals surface area (Å²) in [5.74, 6) is -0.740. The normalized spacial score (nSPS) is 15.4. The van der Waals surface area contributed by atoms with E-state index in [4.69, 9.17) is 5.73 Å². The molecule has 3 heterocycles. The van der Waals surface area contributed by atoms with Crippen molar-refractivity contribution in [1.29, 1.82) is 0 Å². The second-order valence-corrected chi connectivity index (χ2v) is 10.0. The zero-order chi connectivity index (χ0) is 26.6. The van der Waals surface area contributed by atoms with E-state index in [9.17, 15) is 14.4 Å². The number of nitrogens with two attached hydrogens (primary N) is 1. The maximum atomic E-state index is 13.4. The van der Waals surface area contributed by atoms with Crippen molar-refractivity contribution in [3.8, 4) is 0 Å². The first-order valence-corrected chi connectivity index (χ1v) is 13.2. The molecule has 0 radical (unpaired) electrons. The number of para-hydroxylation sites is 1. The van der Waals surface area contributed by atoms with Crippen molar-refractivity contribution in [2.45, 2.75) is 51.2 Å². The van der Waals surface area contributed by atoms with E-state index in [0.29, 0.717) is 12.0 Å². The lowest BCUT2D eigenvalue weighted by Gasteiger charge is -2.27. The minimum Gasteiger partial charge on any atom is -0.368 e. The van der Waals surface area contributed by atoms with E-state index in [1.54, 1.807) is 0 Å². The van der Waals surface area contributed by atoms with Crippen LogP contribution in [0.1, 0.15) is 47.7 Å². The number of aromatic amines is 2. The van der Waals surface area contributed by atoms with Gasteiger partial charge in [-0.25, -0.2) is 0 Å². The Morgan fingerprint density at radius 3 is 2.39 bits per heavy atom. The van der Waals surface area contributed by atoms with Gasteiger partial charge in [-0.15, -0.1) is 0 Å². The number of likely N-dealkylation sites (tertiary alicyclic amines) is 1. The molecule has 198 valence electrons. The predicted molar refractivity (Wildman–Crippen MR) is 147 cm³/mol. The van der Waals surface area contributed by atoms with Crippen LogP contribution >= 0.6 is 0 Å². The molecular formula is C29H34N6O3. The Labute approximate surface area is 221 Å². The highest BCUT2D eigenvalue weighted by atomic mass is 16.2. The molecular weight excluding hydrogens is 480 g/mol. The zero-order valence-electron chi connectivity index (χ0n) is 21.5. The number of piperidine rings is 1. The van der Waals surface area contributed by atoms with Gasteiger partial charge < -0.3 is 25.9 Å². The smallest absolute Gasteiger partial charge is 0.254 e. The average Bonchev–Trinajstić information content (AvgIpc) is 3.52. The number of nitrogens with zero attached hydrogens (tertiary/aromatic N) is 1. The quantitative estimate of drug-likeness (QED) is 0.219. The van der Waals surface area contributed by atoms with E-state index in [1.165, 1.54) is 6.92 Å². The summed E-state index contributed by atoms with van der Waals surface area (Å²) in [7, 11) is 0. The Bertz CT molecular complexity index is 1470. The maximum Gasteiger partial charge on any atom is 0.254 e. The van der Waals surface area contributed by atoms with Gasteiger partial charge in [0.25, 0.3) is 5.91 Å². The average molecular weight is 515 g/mol. The number of aromatic nitrogens is 2. The van der Waals surface area contributed by atoms with Crippen LogP contribution in [0, 0.1) is 0 Å². The SMILES string of the molecule is CC(=O)N[C@H](Cc1c[nH]c2ccccc12)N[C@H](Cc1c[nH]c2cccc(C(=O)N3CCCCC3)c12)C(N)=O. The van der Waals surface area contributed by atoms with Crippen molar-refractivity contribution in [2.24, 2.45) is 5.73 Å². The predicted octanol–water partition coefficient (Wildman–Crippen LogP) is 2.97. The summed E-state index contributed by atoms with van der Waals surface area (Å²) >= 11 is 0. The number of benzene rings is 2. The Hall–Kier alpha value is -4.11. The van der Waals surface area contributed by atoms with Gasteiger partial charge in [0, 0.05) is 66.2 Å². The zero-order valence-corrected chi connectivity index (χ0v) is 21.5. The van der Waals surface area contributed by atoms with Gasteiger partial charge >= 0.3 is 0 Å². The molecule has 6 N–H and O–H groups in total. The Kier molecular flexibility index (Phi) is 7.46. The van der Waals surface area contributed by atoms with E-state index in [-0.39, 0.29) is 18.2 Å². The molecule has 1 aliphatic heterocycles.